The quantitative estimate of drug-likeness (QED) is 0.786. The third-order valence-electron chi connectivity index (χ3n) is 2.12. The van der Waals surface area contributed by atoms with Crippen LogP contribution in [-0.4, -0.2) is 12.4 Å². The zero-order valence-corrected chi connectivity index (χ0v) is 10.9. The van der Waals surface area contributed by atoms with E-state index in [0.717, 1.165) is 12.4 Å². The first kappa shape index (κ1) is 16.9. The summed E-state index contributed by atoms with van der Waals surface area (Å²) in [6, 6.07) is 12.6. The van der Waals surface area contributed by atoms with Gasteiger partial charge in [0.2, 0.25) is 0 Å². The first-order chi connectivity index (χ1) is 8.69. The maximum atomic E-state index is 10.7. The van der Waals surface area contributed by atoms with Gasteiger partial charge in [-0.1, -0.05) is 59.7 Å². The second-order valence-corrected chi connectivity index (χ2v) is 3.33. The van der Waals surface area contributed by atoms with Gasteiger partial charge in [0.15, 0.2) is 0 Å². The van der Waals surface area contributed by atoms with Gasteiger partial charge in [-0.15, -0.1) is 11.5 Å². The first-order valence-corrected chi connectivity index (χ1v) is 5.16. The predicted molar refractivity (Wildman–Crippen MR) is 68.8 cm³/mol. The van der Waals surface area contributed by atoms with Crippen molar-refractivity contribution in [3.63, 3.8) is 0 Å². The Morgan fingerprint density at radius 1 is 0.684 bits per heavy atom. The summed E-state index contributed by atoms with van der Waals surface area (Å²) in [5.74, 6) is -0.306. The number of hydrogen-bond donors (Lipinski definition) is 0. The molecule has 2 rings (SSSR count). The van der Waals surface area contributed by atoms with Gasteiger partial charge in [-0.3, -0.25) is 0 Å². The van der Waals surface area contributed by atoms with Crippen LogP contribution in [0.4, 0.5) is 0 Å². The van der Waals surface area contributed by atoms with E-state index >= 15 is 0 Å². The average molecular weight is 297 g/mol. The van der Waals surface area contributed by atoms with Crippen molar-refractivity contribution in [2.75, 3.05) is 0 Å². The van der Waals surface area contributed by atoms with E-state index in [2.05, 4.69) is 0 Å². The van der Waals surface area contributed by atoms with Gasteiger partial charge in [-0.25, -0.2) is 0 Å². The summed E-state index contributed by atoms with van der Waals surface area (Å²) >= 11 is 0. The fourth-order valence-electron chi connectivity index (χ4n) is 1.17. The number of rotatable bonds is 2. The van der Waals surface area contributed by atoms with Gasteiger partial charge in [-0.2, -0.15) is 12.4 Å². The molecule has 4 nitrogen and oxygen atoms in total. The minimum absolute atomic E-state index is 0. The SMILES string of the molecule is [Co+2].[N-]=Cc1ccccc1[O-].[N-]=Cc1ccccc1[O-]. The van der Waals surface area contributed by atoms with E-state index in [4.69, 9.17) is 10.8 Å². The van der Waals surface area contributed by atoms with E-state index in [-0.39, 0.29) is 28.3 Å². The van der Waals surface area contributed by atoms with E-state index in [1.807, 2.05) is 0 Å². The van der Waals surface area contributed by atoms with Crippen LogP contribution in [-0.2, 0) is 16.8 Å². The third kappa shape index (κ3) is 5.37. The molecular formula is C14H10CoN2O2-2. The molecule has 0 unspecified atom stereocenters. The molecule has 0 saturated carbocycles. The Balaban J connectivity index is 0.000000324. The molecule has 5 heteroatoms. The summed E-state index contributed by atoms with van der Waals surface area (Å²) in [6.07, 6.45) is 1.62. The standard InChI is InChI=1S/2C7H6NO.Co/c2*8-5-6-3-1-2-4-7(6)9;/h2*1-5,9H;/q2*-1;+2/p-2. The van der Waals surface area contributed by atoms with Crippen molar-refractivity contribution in [2.24, 2.45) is 0 Å². The van der Waals surface area contributed by atoms with E-state index in [0.29, 0.717) is 11.1 Å². The molecule has 0 spiro atoms. The van der Waals surface area contributed by atoms with Crippen molar-refractivity contribution in [3.05, 3.63) is 70.5 Å². The van der Waals surface area contributed by atoms with Crippen LogP contribution < -0.4 is 10.2 Å². The van der Waals surface area contributed by atoms with Gasteiger partial charge in [0.25, 0.3) is 0 Å². The Bertz CT molecular complexity index is 495. The van der Waals surface area contributed by atoms with E-state index in [9.17, 15) is 10.2 Å². The monoisotopic (exact) mass is 297 g/mol. The molecule has 19 heavy (non-hydrogen) atoms. The number of hydrogen-bond acceptors (Lipinski definition) is 2. The largest absolute Gasteiger partial charge is 2.00 e. The van der Waals surface area contributed by atoms with Crippen molar-refractivity contribution >= 4 is 12.4 Å². The molecule has 0 N–H and O–H groups in total. The van der Waals surface area contributed by atoms with Crippen LogP contribution >= 0.6 is 0 Å². The van der Waals surface area contributed by atoms with E-state index in [1.54, 1.807) is 36.4 Å². The molecule has 0 aromatic heterocycles. The molecule has 0 atom stereocenters. The van der Waals surface area contributed by atoms with Crippen LogP contribution in [0.25, 0.3) is 10.8 Å². The third-order valence-corrected chi connectivity index (χ3v) is 2.12. The minimum atomic E-state index is -0.153. The van der Waals surface area contributed by atoms with Crippen LogP contribution in [0.15, 0.2) is 48.5 Å². The summed E-state index contributed by atoms with van der Waals surface area (Å²) in [4.78, 5) is 0. The molecule has 0 aliphatic carbocycles. The summed E-state index contributed by atoms with van der Waals surface area (Å²) in [6.45, 7) is 0. The zero-order chi connectivity index (χ0) is 13.4. The van der Waals surface area contributed by atoms with Crippen molar-refractivity contribution in [3.8, 4) is 11.5 Å². The Kier molecular flexibility index (Phi) is 7.91. The molecule has 99 valence electrons. The molecule has 0 aliphatic rings. The van der Waals surface area contributed by atoms with Crippen molar-refractivity contribution in [1.29, 1.82) is 0 Å². The van der Waals surface area contributed by atoms with Crippen molar-refractivity contribution < 1.29 is 27.0 Å². The average Bonchev–Trinajstić information content (AvgIpc) is 2.41. The van der Waals surface area contributed by atoms with Gasteiger partial charge in [0.1, 0.15) is 0 Å². The predicted octanol–water partition coefficient (Wildman–Crippen LogP) is 1.49. The molecule has 0 bridgehead atoms. The maximum absolute atomic E-state index is 10.7. The first-order valence-electron chi connectivity index (χ1n) is 5.16. The van der Waals surface area contributed by atoms with Gasteiger partial charge in [0, 0.05) is 0 Å². The van der Waals surface area contributed by atoms with Crippen LogP contribution in [0.2, 0.25) is 0 Å². The Morgan fingerprint density at radius 3 is 1.21 bits per heavy atom. The molecule has 0 amide bonds. The number of benzene rings is 2. The van der Waals surface area contributed by atoms with Crippen LogP contribution in [0.1, 0.15) is 11.1 Å². The molecule has 0 saturated heterocycles. The Labute approximate surface area is 122 Å². The molecule has 0 aliphatic heterocycles. The van der Waals surface area contributed by atoms with E-state index < -0.39 is 0 Å². The molecular weight excluding hydrogens is 287 g/mol. The van der Waals surface area contributed by atoms with E-state index in [1.165, 1.54) is 12.1 Å². The molecule has 2 aromatic carbocycles. The van der Waals surface area contributed by atoms with Gasteiger partial charge < -0.3 is 21.0 Å². The van der Waals surface area contributed by atoms with Gasteiger partial charge in [0.05, 0.1) is 0 Å². The molecule has 0 heterocycles. The van der Waals surface area contributed by atoms with Gasteiger partial charge in [-0.05, 0) is 0 Å². The summed E-state index contributed by atoms with van der Waals surface area (Å²) in [5.41, 5.74) is 0.662. The molecule has 2 aromatic rings. The van der Waals surface area contributed by atoms with Crippen molar-refractivity contribution in [1.82, 2.24) is 0 Å². The normalized spacial score (nSPS) is 8.42. The fraction of sp³-hybridized carbons (Fsp3) is 0. The van der Waals surface area contributed by atoms with Gasteiger partial charge >= 0.3 is 16.8 Å². The Hall–Kier alpha value is -2.11. The minimum Gasteiger partial charge on any atom is -0.872 e. The smallest absolute Gasteiger partial charge is 0.872 e. The Morgan fingerprint density at radius 2 is 1.00 bits per heavy atom. The topological polar surface area (TPSA) is 90.7 Å². The van der Waals surface area contributed by atoms with Crippen LogP contribution in [0, 0.1) is 0 Å². The summed E-state index contributed by atoms with van der Waals surface area (Å²) in [5, 5.41) is 38.1. The maximum Gasteiger partial charge on any atom is 2.00 e. The molecule has 1 radical (unpaired) electrons. The van der Waals surface area contributed by atoms with Crippen LogP contribution in [0.3, 0.4) is 0 Å². The molecule has 0 fully saturated rings. The second kappa shape index (κ2) is 8.90. The fourth-order valence-corrected chi connectivity index (χ4v) is 1.17. The zero-order valence-electron chi connectivity index (χ0n) is 9.82. The van der Waals surface area contributed by atoms with Crippen molar-refractivity contribution in [2.45, 2.75) is 0 Å². The summed E-state index contributed by atoms with van der Waals surface area (Å²) in [7, 11) is 0. The summed E-state index contributed by atoms with van der Waals surface area (Å²) < 4.78 is 0. The number of nitrogens with zero attached hydrogens (tertiary/aromatic N) is 2. The number of para-hydroxylation sites is 2. The second-order valence-electron chi connectivity index (χ2n) is 3.33. The van der Waals surface area contributed by atoms with Crippen LogP contribution in [0.5, 0.6) is 11.5 Å².